The Labute approximate surface area is 131 Å². The van der Waals surface area contributed by atoms with Gasteiger partial charge in [-0.05, 0) is 20.8 Å². The summed E-state index contributed by atoms with van der Waals surface area (Å²) in [5.41, 5.74) is -0.584. The minimum Gasteiger partial charge on any atom is -0.457 e. The van der Waals surface area contributed by atoms with E-state index in [4.69, 9.17) is 9.47 Å². The molecule has 0 aliphatic carbocycles. The summed E-state index contributed by atoms with van der Waals surface area (Å²) in [4.78, 5) is 29.7. The molecule has 1 fully saturated rings. The molecule has 2 heterocycles. The molecule has 0 saturated carbocycles. The number of thioether (sulfide) groups is 1. The van der Waals surface area contributed by atoms with Gasteiger partial charge in [0, 0.05) is 17.3 Å². The van der Waals surface area contributed by atoms with Crippen molar-refractivity contribution in [3.8, 4) is 0 Å². The fourth-order valence-corrected chi connectivity index (χ4v) is 3.35. The number of hydrogen-bond acceptors (Lipinski definition) is 7. The van der Waals surface area contributed by atoms with Crippen molar-refractivity contribution in [3.63, 3.8) is 0 Å². The highest BCUT2D eigenvalue weighted by atomic mass is 32.2. The molecule has 0 aromatic carbocycles. The molecule has 0 spiro atoms. The van der Waals surface area contributed by atoms with Crippen molar-refractivity contribution in [2.75, 3.05) is 11.6 Å². The average Bonchev–Trinajstić information content (AvgIpc) is 3.05. The molecule has 6 nitrogen and oxygen atoms in total. The van der Waals surface area contributed by atoms with Crippen LogP contribution in [0.1, 0.15) is 25.8 Å². The number of nitrogens with zero attached hydrogens (tertiary/aromatic N) is 2. The third kappa shape index (κ3) is 4.60. The Morgan fingerprint density at radius 3 is 2.86 bits per heavy atom. The molecule has 0 bridgehead atoms. The van der Waals surface area contributed by atoms with Crippen molar-refractivity contribution in [2.45, 2.75) is 39.0 Å². The van der Waals surface area contributed by atoms with Crippen molar-refractivity contribution in [3.05, 3.63) is 16.6 Å². The Morgan fingerprint density at radius 1 is 1.48 bits per heavy atom. The van der Waals surface area contributed by atoms with Crippen LogP contribution in [-0.2, 0) is 20.9 Å². The molecular formula is C13H18N2O4S2. The molecule has 1 aromatic rings. The fourth-order valence-electron chi connectivity index (χ4n) is 1.69. The minimum absolute atomic E-state index is 0.139. The van der Waals surface area contributed by atoms with Gasteiger partial charge in [-0.2, -0.15) is 0 Å². The lowest BCUT2D eigenvalue weighted by Gasteiger charge is -2.26. The SMILES string of the molecule is CC(C)(C)OC(=O)N1CSCC1C(=O)OCc1nccs1. The van der Waals surface area contributed by atoms with E-state index in [-0.39, 0.29) is 6.61 Å². The van der Waals surface area contributed by atoms with E-state index in [0.29, 0.717) is 11.6 Å². The van der Waals surface area contributed by atoms with E-state index in [1.54, 1.807) is 27.0 Å². The molecule has 8 heteroatoms. The van der Waals surface area contributed by atoms with E-state index in [9.17, 15) is 9.59 Å². The molecule has 2 rings (SSSR count). The van der Waals surface area contributed by atoms with Crippen LogP contribution >= 0.6 is 23.1 Å². The van der Waals surface area contributed by atoms with Crippen LogP contribution in [0, 0.1) is 0 Å². The molecule has 1 atom stereocenters. The van der Waals surface area contributed by atoms with Crippen molar-refractivity contribution < 1.29 is 19.1 Å². The summed E-state index contributed by atoms with van der Waals surface area (Å²) in [6.45, 7) is 5.53. The van der Waals surface area contributed by atoms with E-state index in [1.165, 1.54) is 28.0 Å². The summed E-state index contributed by atoms with van der Waals surface area (Å²) in [6.07, 6.45) is 1.18. The Bertz CT molecular complexity index is 499. The van der Waals surface area contributed by atoms with Crippen LogP contribution < -0.4 is 0 Å². The number of carbonyl (C=O) groups excluding carboxylic acids is 2. The molecular weight excluding hydrogens is 312 g/mol. The summed E-state index contributed by atoms with van der Waals surface area (Å²) in [5, 5.41) is 2.56. The zero-order valence-electron chi connectivity index (χ0n) is 12.2. The second kappa shape index (κ2) is 6.65. The van der Waals surface area contributed by atoms with E-state index >= 15 is 0 Å². The Morgan fingerprint density at radius 2 is 2.24 bits per heavy atom. The molecule has 1 unspecified atom stereocenters. The first-order chi connectivity index (χ1) is 9.87. The second-order valence-corrected chi connectivity index (χ2v) is 7.48. The number of rotatable bonds is 3. The van der Waals surface area contributed by atoms with E-state index in [0.717, 1.165) is 5.01 Å². The number of aromatic nitrogens is 1. The first kappa shape index (κ1) is 16.1. The predicted molar refractivity (Wildman–Crippen MR) is 81.1 cm³/mol. The molecule has 0 radical (unpaired) electrons. The second-order valence-electron chi connectivity index (χ2n) is 5.50. The van der Waals surface area contributed by atoms with Crippen molar-refractivity contribution in [1.29, 1.82) is 0 Å². The highest BCUT2D eigenvalue weighted by Crippen LogP contribution is 2.24. The molecule has 116 valence electrons. The smallest absolute Gasteiger partial charge is 0.411 e. The normalized spacial score (nSPS) is 18.6. The molecule has 1 saturated heterocycles. The highest BCUT2D eigenvalue weighted by molar-refractivity contribution is 7.99. The van der Waals surface area contributed by atoms with Gasteiger partial charge in [0.25, 0.3) is 0 Å². The Hall–Kier alpha value is -1.28. The predicted octanol–water partition coefficient (Wildman–Crippen LogP) is 2.50. The van der Waals surface area contributed by atoms with Crippen molar-refractivity contribution >= 4 is 35.2 Å². The van der Waals surface area contributed by atoms with Gasteiger partial charge in [-0.25, -0.2) is 14.6 Å². The third-order valence-electron chi connectivity index (χ3n) is 2.60. The molecule has 0 N–H and O–H groups in total. The number of esters is 1. The van der Waals surface area contributed by atoms with E-state index < -0.39 is 23.7 Å². The summed E-state index contributed by atoms with van der Waals surface area (Å²) >= 11 is 2.93. The number of carbonyl (C=O) groups is 2. The van der Waals surface area contributed by atoms with Crippen LogP contribution in [0.15, 0.2) is 11.6 Å². The van der Waals surface area contributed by atoms with Crippen LogP contribution in [0.2, 0.25) is 0 Å². The van der Waals surface area contributed by atoms with E-state index in [1.807, 2.05) is 5.38 Å². The number of thiazole rings is 1. The molecule has 1 aliphatic heterocycles. The van der Waals surface area contributed by atoms with Crippen molar-refractivity contribution in [2.24, 2.45) is 0 Å². The van der Waals surface area contributed by atoms with Crippen molar-refractivity contribution in [1.82, 2.24) is 9.88 Å². The van der Waals surface area contributed by atoms with Crippen LogP contribution in [-0.4, -0.2) is 45.2 Å². The first-order valence-electron chi connectivity index (χ1n) is 6.49. The van der Waals surface area contributed by atoms with Gasteiger partial charge in [-0.3, -0.25) is 4.90 Å². The van der Waals surface area contributed by atoms with Gasteiger partial charge in [-0.15, -0.1) is 23.1 Å². The van der Waals surface area contributed by atoms with Crippen LogP contribution in [0.4, 0.5) is 4.79 Å². The Balaban J connectivity index is 1.91. The first-order valence-corrected chi connectivity index (χ1v) is 8.52. The topological polar surface area (TPSA) is 68.7 Å². The number of amides is 1. The fraction of sp³-hybridized carbons (Fsp3) is 0.615. The average molecular weight is 330 g/mol. The zero-order chi connectivity index (χ0) is 15.5. The van der Waals surface area contributed by atoms with Gasteiger partial charge in [-0.1, -0.05) is 0 Å². The third-order valence-corrected chi connectivity index (χ3v) is 4.37. The lowest BCUT2D eigenvalue weighted by atomic mass is 10.2. The van der Waals surface area contributed by atoms with Gasteiger partial charge in [0.1, 0.15) is 23.3 Å². The maximum atomic E-state index is 12.1. The summed E-state index contributed by atoms with van der Waals surface area (Å²) in [5.74, 6) is 0.545. The van der Waals surface area contributed by atoms with E-state index in [2.05, 4.69) is 4.98 Å². The molecule has 21 heavy (non-hydrogen) atoms. The maximum Gasteiger partial charge on any atom is 0.411 e. The minimum atomic E-state index is -0.593. The van der Waals surface area contributed by atoms with Crippen LogP contribution in [0.3, 0.4) is 0 Å². The molecule has 1 aromatic heterocycles. The summed E-state index contributed by atoms with van der Waals surface area (Å²) in [7, 11) is 0. The summed E-state index contributed by atoms with van der Waals surface area (Å²) < 4.78 is 10.5. The van der Waals surface area contributed by atoms with Crippen LogP contribution in [0.5, 0.6) is 0 Å². The molecule has 1 amide bonds. The van der Waals surface area contributed by atoms with Gasteiger partial charge in [0.15, 0.2) is 0 Å². The highest BCUT2D eigenvalue weighted by Gasteiger charge is 2.38. The monoisotopic (exact) mass is 330 g/mol. The zero-order valence-corrected chi connectivity index (χ0v) is 13.8. The summed E-state index contributed by atoms with van der Waals surface area (Å²) in [6, 6.07) is -0.593. The lowest BCUT2D eigenvalue weighted by molar-refractivity contribution is -0.149. The van der Waals surface area contributed by atoms with Gasteiger partial charge >= 0.3 is 12.1 Å². The molecule has 1 aliphatic rings. The Kier molecular flexibility index (Phi) is 5.10. The lowest BCUT2D eigenvalue weighted by Crippen LogP contribution is -2.45. The standard InChI is InChI=1S/C13H18N2O4S2/c1-13(2,3)19-12(17)15-8-20-7-9(15)11(16)18-6-10-14-4-5-21-10/h4-5,9H,6-8H2,1-3H3. The van der Waals surface area contributed by atoms with Gasteiger partial charge < -0.3 is 9.47 Å². The largest absolute Gasteiger partial charge is 0.457 e. The number of ether oxygens (including phenoxy) is 2. The van der Waals surface area contributed by atoms with Gasteiger partial charge in [0.2, 0.25) is 0 Å². The maximum absolute atomic E-state index is 12.1. The van der Waals surface area contributed by atoms with Crippen LogP contribution in [0.25, 0.3) is 0 Å². The van der Waals surface area contributed by atoms with Gasteiger partial charge in [0.05, 0.1) is 5.88 Å². The quantitative estimate of drug-likeness (QED) is 0.793. The number of hydrogen-bond donors (Lipinski definition) is 0.